The normalized spacial score (nSPS) is 10.8. The molecule has 0 N–H and O–H groups in total. The van der Waals surface area contributed by atoms with Crippen LogP contribution in [0.25, 0.3) is 56.7 Å². The smallest absolute Gasteiger partial charge is 0.340 e. The summed E-state index contributed by atoms with van der Waals surface area (Å²) in [5.74, 6) is 1.09. The van der Waals surface area contributed by atoms with Crippen LogP contribution in [0.1, 0.15) is 0 Å². The summed E-state index contributed by atoms with van der Waals surface area (Å²) >= 11 is 0. The molecule has 22 nitrogen and oxygen atoms in total. The predicted octanol–water partition coefficient (Wildman–Crippen LogP) is 3.06. The van der Waals surface area contributed by atoms with Gasteiger partial charge in [-0.3, -0.25) is 40.5 Å². The first-order valence-corrected chi connectivity index (χ1v) is 18.1. The molecule has 8 rings (SSSR count). The summed E-state index contributed by atoms with van der Waals surface area (Å²) in [4.78, 5) is 49.0. The fourth-order valence-corrected chi connectivity index (χ4v) is 6.37. The van der Waals surface area contributed by atoms with E-state index in [-0.39, 0.29) is 46.8 Å². The van der Waals surface area contributed by atoms with Gasteiger partial charge in [0.2, 0.25) is 11.4 Å². The van der Waals surface area contributed by atoms with Crippen LogP contribution >= 0.6 is 0 Å². The Morgan fingerprint density at radius 2 is 0.730 bits per heavy atom. The van der Waals surface area contributed by atoms with Crippen LogP contribution in [0.5, 0.6) is 11.5 Å². The lowest BCUT2D eigenvalue weighted by Gasteiger charge is -2.11. The van der Waals surface area contributed by atoms with Crippen LogP contribution in [0, 0.1) is 40.5 Å². The predicted molar refractivity (Wildman–Crippen MR) is 215 cm³/mol. The second-order valence-corrected chi connectivity index (χ2v) is 13.1. The van der Waals surface area contributed by atoms with Crippen molar-refractivity contribution in [2.75, 3.05) is 14.2 Å². The van der Waals surface area contributed by atoms with Crippen molar-refractivity contribution in [1.82, 2.24) is 30.0 Å². The molecule has 6 aromatic carbocycles. The highest BCUT2D eigenvalue weighted by Crippen LogP contribution is 2.32. The zero-order valence-corrected chi connectivity index (χ0v) is 33.3. The third-order valence-electron chi connectivity index (χ3n) is 9.50. The highest BCUT2D eigenvalue weighted by atomic mass is 35.5. The van der Waals surface area contributed by atoms with Crippen molar-refractivity contribution < 1.29 is 51.2 Å². The van der Waals surface area contributed by atoms with Crippen LogP contribution in [-0.2, 0) is 0 Å². The molecule has 0 atom stereocenters. The Morgan fingerprint density at radius 3 is 1.02 bits per heavy atom. The van der Waals surface area contributed by atoms with Crippen molar-refractivity contribution in [2.45, 2.75) is 0 Å². The van der Waals surface area contributed by atoms with E-state index in [2.05, 4.69) is 10.2 Å². The third kappa shape index (κ3) is 8.27. The molecule has 0 amide bonds. The van der Waals surface area contributed by atoms with Gasteiger partial charge >= 0.3 is 11.6 Å². The number of tetrazole rings is 2. The van der Waals surface area contributed by atoms with Gasteiger partial charge in [-0.2, -0.15) is 0 Å². The van der Waals surface area contributed by atoms with Crippen LogP contribution in [0.3, 0.4) is 0 Å². The number of methoxy groups -OCH3 is 2. The summed E-state index contributed by atoms with van der Waals surface area (Å²) in [7, 11) is 2.95. The number of benzene rings is 6. The Kier molecular flexibility index (Phi) is 11.5. The van der Waals surface area contributed by atoms with Crippen LogP contribution < -0.4 is 31.5 Å². The van der Waals surface area contributed by atoms with Gasteiger partial charge in [-0.1, -0.05) is 0 Å². The van der Waals surface area contributed by atoms with E-state index in [9.17, 15) is 40.5 Å². The maximum atomic E-state index is 11.4. The van der Waals surface area contributed by atoms with E-state index in [1.807, 2.05) is 0 Å². The number of hydrogen-bond donors (Lipinski definition) is 0. The highest BCUT2D eigenvalue weighted by Gasteiger charge is 2.29. The Morgan fingerprint density at radius 1 is 0.444 bits per heavy atom. The molecule has 2 aromatic heterocycles. The monoisotopic (exact) mass is 871 g/mol. The van der Waals surface area contributed by atoms with Gasteiger partial charge < -0.3 is 21.9 Å². The molecule has 0 bridgehead atoms. The molecule has 0 fully saturated rings. The molecule has 0 spiro atoms. The van der Waals surface area contributed by atoms with Crippen molar-refractivity contribution in [3.8, 4) is 68.2 Å². The van der Waals surface area contributed by atoms with E-state index in [4.69, 9.17) is 19.7 Å². The van der Waals surface area contributed by atoms with Crippen molar-refractivity contribution in [2.24, 2.45) is 0 Å². The average Bonchev–Trinajstić information content (AvgIpc) is 3.95. The Labute approximate surface area is 359 Å². The lowest BCUT2D eigenvalue weighted by atomic mass is 10.0. The number of aromatic nitrogens is 8. The SMILES string of the molecule is COc1cc(-c2ccc(-[n+]3nc(-c4ccc([N+](=O)[O-])cc4)nn3-c3ccc([N+](=O)[O-])cc3)c(OC)c2)ccc1-[n+]1nc(-c2ccc([N+](=O)[O-])cc2)nn1-c1ccc([N+](=O)[O-])cc1.[Cl-]. The van der Waals surface area contributed by atoms with Gasteiger partial charge in [-0.15, -0.1) is 0 Å². The Balaban J connectivity index is 0.00000595. The molecule has 0 aliphatic heterocycles. The second-order valence-electron chi connectivity index (χ2n) is 13.1. The van der Waals surface area contributed by atoms with Crippen LogP contribution in [0.15, 0.2) is 133 Å². The molecular weight excluding hydrogens is 844 g/mol. The van der Waals surface area contributed by atoms with Crippen LogP contribution in [0.2, 0.25) is 0 Å². The number of hydrogen-bond acceptors (Lipinski definition) is 14. The number of rotatable bonds is 13. The van der Waals surface area contributed by atoms with Gasteiger partial charge in [-0.25, -0.2) is 0 Å². The van der Waals surface area contributed by atoms with E-state index in [1.54, 1.807) is 36.4 Å². The largest absolute Gasteiger partial charge is 1.00 e. The molecule has 0 unspecified atom stereocenters. The van der Waals surface area contributed by atoms with Gasteiger partial charge in [0, 0.05) is 58.1 Å². The van der Waals surface area contributed by atoms with Crippen molar-refractivity contribution in [3.05, 3.63) is 174 Å². The quantitative estimate of drug-likeness (QED) is 0.0917. The lowest BCUT2D eigenvalue weighted by Crippen LogP contribution is -3.00. The summed E-state index contributed by atoms with van der Waals surface area (Å²) in [5.41, 5.74) is 3.48. The first kappa shape index (κ1) is 42.1. The minimum absolute atomic E-state index is 0. The molecule has 314 valence electrons. The zero-order valence-electron chi connectivity index (χ0n) is 32.5. The van der Waals surface area contributed by atoms with Crippen molar-refractivity contribution >= 4 is 22.7 Å². The standard InChI is InChI=1S/C40H28N12O10.ClH/c1-61-37-23-27(7-21-35(37)47-43-39(25-3-9-31(10-4-25)49(53)54)41-45(47)29-13-17-33(18-14-29)51(57)58)28-8-22-36(38(24-28)62-2)48-44-40(26-5-11-32(12-6-26)50(55)56)42-46(48)30-15-19-34(20-16-30)52(59)60;/h3-24H,1-2H3;1H/q+2;/p-1. The summed E-state index contributed by atoms with van der Waals surface area (Å²) in [5, 5.41) is 64.1. The minimum Gasteiger partial charge on any atom is -1.00 e. The summed E-state index contributed by atoms with van der Waals surface area (Å²) < 4.78 is 11.7. The van der Waals surface area contributed by atoms with E-state index in [1.165, 1.54) is 130 Å². The van der Waals surface area contributed by atoms with Gasteiger partial charge in [0.15, 0.2) is 11.5 Å². The zero-order chi connectivity index (χ0) is 43.7. The van der Waals surface area contributed by atoms with Crippen LogP contribution in [0.4, 0.5) is 22.7 Å². The molecule has 0 aliphatic rings. The Bertz CT molecular complexity index is 2840. The van der Waals surface area contributed by atoms with Gasteiger partial charge in [0.1, 0.15) is 11.4 Å². The van der Waals surface area contributed by atoms with Gasteiger partial charge in [-0.05, 0) is 116 Å². The molecule has 0 saturated carbocycles. The topological polar surface area (TPSA) is 260 Å². The van der Waals surface area contributed by atoms with Crippen molar-refractivity contribution in [1.29, 1.82) is 0 Å². The number of ether oxygens (including phenoxy) is 2. The number of non-ortho nitro benzene ring substituents is 4. The van der Waals surface area contributed by atoms with E-state index in [0.717, 1.165) is 0 Å². The molecular formula is C40H28ClN12O10+. The molecule has 63 heavy (non-hydrogen) atoms. The van der Waals surface area contributed by atoms with E-state index >= 15 is 0 Å². The number of nitro groups is 4. The van der Waals surface area contributed by atoms with Crippen LogP contribution in [-0.4, -0.2) is 63.9 Å². The molecule has 0 radical (unpaired) electrons. The number of halogens is 1. The minimum atomic E-state index is -0.521. The maximum Gasteiger partial charge on any atom is 0.340 e. The first-order chi connectivity index (χ1) is 29.9. The maximum absolute atomic E-state index is 11.4. The average molecular weight is 872 g/mol. The molecule has 23 heteroatoms. The van der Waals surface area contributed by atoms with Crippen molar-refractivity contribution in [3.63, 3.8) is 0 Å². The molecule has 8 aromatic rings. The lowest BCUT2D eigenvalue weighted by molar-refractivity contribution is -0.734. The number of nitro benzene ring substituents is 4. The fraction of sp³-hybridized carbons (Fsp3) is 0.0500. The molecule has 0 aliphatic carbocycles. The number of nitrogens with zero attached hydrogens (tertiary/aromatic N) is 12. The highest BCUT2D eigenvalue weighted by molar-refractivity contribution is 5.70. The molecule has 0 saturated heterocycles. The second kappa shape index (κ2) is 17.3. The fourth-order valence-electron chi connectivity index (χ4n) is 6.37. The third-order valence-corrected chi connectivity index (χ3v) is 9.50. The summed E-state index contributed by atoms with van der Waals surface area (Å²) in [6.45, 7) is 0. The van der Waals surface area contributed by atoms with Gasteiger partial charge in [0.05, 0.1) is 55.2 Å². The van der Waals surface area contributed by atoms with Gasteiger partial charge in [0.25, 0.3) is 22.7 Å². The summed E-state index contributed by atoms with van der Waals surface area (Å²) in [6, 6.07) is 33.3. The van der Waals surface area contributed by atoms with E-state index < -0.39 is 19.7 Å². The Hall–Kier alpha value is -9.05. The summed E-state index contributed by atoms with van der Waals surface area (Å²) in [6.07, 6.45) is 0. The molecule has 2 heterocycles. The first-order valence-electron chi connectivity index (χ1n) is 18.1. The van der Waals surface area contributed by atoms with E-state index in [0.29, 0.717) is 56.5 Å².